The van der Waals surface area contributed by atoms with Gasteiger partial charge in [-0.1, -0.05) is 13.0 Å². The van der Waals surface area contributed by atoms with Crippen molar-refractivity contribution in [2.75, 3.05) is 32.6 Å². The van der Waals surface area contributed by atoms with Crippen molar-refractivity contribution in [1.82, 2.24) is 10.2 Å². The number of anilines is 1. The van der Waals surface area contributed by atoms with Crippen molar-refractivity contribution in [3.63, 3.8) is 0 Å². The number of nitrogens with one attached hydrogen (secondary N) is 2. The summed E-state index contributed by atoms with van der Waals surface area (Å²) in [7, 11) is 3.30. The third-order valence-corrected chi connectivity index (χ3v) is 6.59. The monoisotopic (exact) mass is 495 g/mol. The predicted octanol–water partition coefficient (Wildman–Crippen LogP) is 3.24. The first-order valence-corrected chi connectivity index (χ1v) is 12.3. The van der Waals surface area contributed by atoms with Gasteiger partial charge in [-0.25, -0.2) is 0 Å². The second-order valence-corrected chi connectivity index (χ2v) is 9.12. The lowest BCUT2D eigenvalue weighted by molar-refractivity contribution is -0.134. The SMILES string of the molecule is CCCNC(=O)C[C@H]1CC[C@H]2[C@H](COc3ccc(NC(=O)c4cccc(OC)c4)cc3C(=O)N2C)O1. The van der Waals surface area contributed by atoms with Crippen molar-refractivity contribution in [2.24, 2.45) is 0 Å². The fourth-order valence-corrected chi connectivity index (χ4v) is 4.62. The van der Waals surface area contributed by atoms with Gasteiger partial charge in [0.1, 0.15) is 24.2 Å². The van der Waals surface area contributed by atoms with Gasteiger partial charge in [0, 0.05) is 24.8 Å². The molecule has 0 aliphatic carbocycles. The van der Waals surface area contributed by atoms with Gasteiger partial charge in [0.05, 0.1) is 31.2 Å². The van der Waals surface area contributed by atoms with Gasteiger partial charge in [-0.05, 0) is 55.7 Å². The molecule has 1 saturated heterocycles. The quantitative estimate of drug-likeness (QED) is 0.611. The van der Waals surface area contributed by atoms with Crippen molar-refractivity contribution in [1.29, 1.82) is 0 Å². The van der Waals surface area contributed by atoms with Crippen LogP contribution < -0.4 is 20.1 Å². The molecule has 192 valence electrons. The molecule has 0 aromatic heterocycles. The van der Waals surface area contributed by atoms with E-state index in [1.165, 1.54) is 0 Å². The molecule has 4 rings (SSSR count). The van der Waals surface area contributed by atoms with Crippen LogP contribution in [0, 0.1) is 0 Å². The Morgan fingerprint density at radius 2 is 2.00 bits per heavy atom. The van der Waals surface area contributed by atoms with E-state index in [1.54, 1.807) is 61.5 Å². The zero-order valence-corrected chi connectivity index (χ0v) is 20.9. The number of carbonyl (C=O) groups excluding carboxylic acids is 3. The first-order chi connectivity index (χ1) is 17.4. The third-order valence-electron chi connectivity index (χ3n) is 6.59. The third kappa shape index (κ3) is 5.79. The van der Waals surface area contributed by atoms with Crippen LogP contribution >= 0.6 is 0 Å². The summed E-state index contributed by atoms with van der Waals surface area (Å²) < 4.78 is 17.4. The van der Waals surface area contributed by atoms with Crippen molar-refractivity contribution in [3.05, 3.63) is 53.6 Å². The number of hydrogen-bond donors (Lipinski definition) is 2. The Morgan fingerprint density at radius 3 is 2.78 bits per heavy atom. The lowest BCUT2D eigenvalue weighted by Crippen LogP contribution is -2.54. The van der Waals surface area contributed by atoms with Crippen LogP contribution in [0.25, 0.3) is 0 Å². The number of likely N-dealkylation sites (N-methyl/N-ethyl adjacent to an activating group) is 1. The van der Waals surface area contributed by atoms with Crippen molar-refractivity contribution >= 4 is 23.4 Å². The first-order valence-electron chi connectivity index (χ1n) is 12.3. The van der Waals surface area contributed by atoms with Crippen LogP contribution in [0.15, 0.2) is 42.5 Å². The van der Waals surface area contributed by atoms with Crippen LogP contribution in [0.1, 0.15) is 53.3 Å². The van der Waals surface area contributed by atoms with Crippen LogP contribution in [0.2, 0.25) is 0 Å². The smallest absolute Gasteiger partial charge is 0.257 e. The van der Waals surface area contributed by atoms with E-state index >= 15 is 0 Å². The van der Waals surface area contributed by atoms with E-state index in [9.17, 15) is 14.4 Å². The Labute approximate surface area is 211 Å². The summed E-state index contributed by atoms with van der Waals surface area (Å²) in [4.78, 5) is 40.0. The summed E-state index contributed by atoms with van der Waals surface area (Å²) in [6.45, 7) is 2.92. The number of methoxy groups -OCH3 is 1. The van der Waals surface area contributed by atoms with Crippen LogP contribution in [0.4, 0.5) is 5.69 Å². The molecule has 1 fully saturated rings. The van der Waals surface area contributed by atoms with E-state index in [2.05, 4.69) is 10.6 Å². The molecule has 0 spiro atoms. The average Bonchev–Trinajstić information content (AvgIpc) is 2.89. The van der Waals surface area contributed by atoms with E-state index in [-0.39, 0.29) is 42.6 Å². The molecule has 0 saturated carbocycles. The molecule has 0 bridgehead atoms. The van der Waals surface area contributed by atoms with Crippen molar-refractivity contribution in [2.45, 2.75) is 50.9 Å². The summed E-state index contributed by atoms with van der Waals surface area (Å²) in [6.07, 6.45) is 2.04. The maximum absolute atomic E-state index is 13.4. The molecule has 0 unspecified atom stereocenters. The van der Waals surface area contributed by atoms with Crippen LogP contribution in [-0.2, 0) is 9.53 Å². The van der Waals surface area contributed by atoms with Crippen LogP contribution in [0.3, 0.4) is 0 Å². The normalized spacial score (nSPS) is 21.2. The highest BCUT2D eigenvalue weighted by molar-refractivity contribution is 6.05. The van der Waals surface area contributed by atoms with Gasteiger partial charge in [-0.15, -0.1) is 0 Å². The second-order valence-electron chi connectivity index (χ2n) is 9.12. The molecule has 2 aliphatic rings. The maximum Gasteiger partial charge on any atom is 0.257 e. The van der Waals surface area contributed by atoms with Crippen molar-refractivity contribution in [3.8, 4) is 11.5 Å². The minimum Gasteiger partial charge on any atom is -0.497 e. The Morgan fingerprint density at radius 1 is 1.17 bits per heavy atom. The Balaban J connectivity index is 1.46. The van der Waals surface area contributed by atoms with E-state index in [0.29, 0.717) is 54.1 Å². The lowest BCUT2D eigenvalue weighted by atomic mass is 9.94. The van der Waals surface area contributed by atoms with Gasteiger partial charge < -0.3 is 29.7 Å². The number of rotatable bonds is 7. The standard InChI is InChI=1S/C27H33N3O6/c1-4-12-28-25(31)15-20-9-10-22-24(36-20)16-35-23-11-8-18(14-21(23)27(33)30(22)2)29-26(32)17-6-5-7-19(13-17)34-3/h5-8,11,13-14,20,22,24H,4,9-10,12,15-16H2,1-3H3,(H,28,31)(H,29,32)/t20-,22+,24+/m1/s1. The maximum atomic E-state index is 13.4. The van der Waals surface area contributed by atoms with Gasteiger partial charge in [0.25, 0.3) is 11.8 Å². The highest BCUT2D eigenvalue weighted by Gasteiger charge is 2.39. The van der Waals surface area contributed by atoms with E-state index < -0.39 is 0 Å². The van der Waals surface area contributed by atoms with Crippen LogP contribution in [-0.4, -0.2) is 68.2 Å². The Hall–Kier alpha value is -3.59. The van der Waals surface area contributed by atoms with Gasteiger partial charge in [0.15, 0.2) is 0 Å². The molecule has 36 heavy (non-hydrogen) atoms. The predicted molar refractivity (Wildman–Crippen MR) is 135 cm³/mol. The fraction of sp³-hybridized carbons (Fsp3) is 0.444. The fourth-order valence-electron chi connectivity index (χ4n) is 4.62. The molecule has 3 amide bonds. The molecule has 2 aromatic rings. The Kier molecular flexibility index (Phi) is 8.10. The second kappa shape index (κ2) is 11.4. The minimum absolute atomic E-state index is 0.0228. The van der Waals surface area contributed by atoms with Gasteiger partial charge >= 0.3 is 0 Å². The zero-order chi connectivity index (χ0) is 25.7. The number of amides is 3. The zero-order valence-electron chi connectivity index (χ0n) is 20.9. The largest absolute Gasteiger partial charge is 0.497 e. The highest BCUT2D eigenvalue weighted by Crippen LogP contribution is 2.32. The number of hydrogen-bond acceptors (Lipinski definition) is 6. The number of ether oxygens (including phenoxy) is 3. The first kappa shape index (κ1) is 25.5. The van der Waals surface area contributed by atoms with Gasteiger partial charge in [0.2, 0.25) is 5.91 Å². The molecule has 9 nitrogen and oxygen atoms in total. The minimum atomic E-state index is -0.336. The van der Waals surface area contributed by atoms with Gasteiger partial charge in [-0.3, -0.25) is 14.4 Å². The molecular formula is C27H33N3O6. The Bertz CT molecular complexity index is 1120. The molecule has 2 heterocycles. The summed E-state index contributed by atoms with van der Waals surface area (Å²) in [5.74, 6) is 0.469. The van der Waals surface area contributed by atoms with E-state index in [0.717, 1.165) is 6.42 Å². The number of nitrogens with zero attached hydrogens (tertiary/aromatic N) is 1. The summed E-state index contributed by atoms with van der Waals surface area (Å²) in [5.41, 5.74) is 1.31. The van der Waals surface area contributed by atoms with E-state index in [4.69, 9.17) is 14.2 Å². The molecular weight excluding hydrogens is 462 g/mol. The van der Waals surface area contributed by atoms with Crippen LogP contribution in [0.5, 0.6) is 11.5 Å². The number of carbonyl (C=O) groups is 3. The van der Waals surface area contributed by atoms with E-state index in [1.807, 2.05) is 6.92 Å². The number of benzene rings is 2. The lowest BCUT2D eigenvalue weighted by Gasteiger charge is -2.42. The molecule has 0 radical (unpaired) electrons. The molecule has 9 heteroatoms. The molecule has 2 N–H and O–H groups in total. The summed E-state index contributed by atoms with van der Waals surface area (Å²) >= 11 is 0. The summed E-state index contributed by atoms with van der Waals surface area (Å²) in [6, 6.07) is 11.7. The molecule has 2 aliphatic heterocycles. The van der Waals surface area contributed by atoms with Crippen molar-refractivity contribution < 1.29 is 28.6 Å². The topological polar surface area (TPSA) is 106 Å². The molecule has 2 aromatic carbocycles. The average molecular weight is 496 g/mol. The molecule has 3 atom stereocenters. The number of fused-ring (bicyclic) bond motifs is 2. The summed E-state index contributed by atoms with van der Waals surface area (Å²) in [5, 5.41) is 5.73. The highest BCUT2D eigenvalue weighted by atomic mass is 16.5. The van der Waals surface area contributed by atoms with Gasteiger partial charge in [-0.2, -0.15) is 0 Å².